The SMILES string of the molecule is Cc1cccc2c1N[C@@H](c1ccc3c(c1)OCO3)[C@H]1CC=C[C@@H]21. The van der Waals surface area contributed by atoms with Gasteiger partial charge in [-0.1, -0.05) is 36.4 Å². The second kappa shape index (κ2) is 4.79. The van der Waals surface area contributed by atoms with Crippen LogP contribution in [-0.4, -0.2) is 6.79 Å². The molecule has 2 aromatic rings. The topological polar surface area (TPSA) is 30.5 Å². The van der Waals surface area contributed by atoms with Gasteiger partial charge in [0.25, 0.3) is 0 Å². The number of ether oxygens (including phenoxy) is 2. The average molecular weight is 305 g/mol. The lowest BCUT2D eigenvalue weighted by Crippen LogP contribution is -2.29. The minimum Gasteiger partial charge on any atom is -0.454 e. The monoisotopic (exact) mass is 305 g/mol. The fourth-order valence-electron chi connectivity index (χ4n) is 4.21. The molecule has 3 atom stereocenters. The van der Waals surface area contributed by atoms with Crippen molar-refractivity contribution in [3.63, 3.8) is 0 Å². The number of anilines is 1. The first-order chi connectivity index (χ1) is 11.3. The van der Waals surface area contributed by atoms with Crippen LogP contribution in [0.15, 0.2) is 48.6 Å². The summed E-state index contributed by atoms with van der Waals surface area (Å²) in [6.45, 7) is 2.51. The van der Waals surface area contributed by atoms with E-state index in [2.05, 4.69) is 54.7 Å². The lowest BCUT2D eigenvalue weighted by Gasteiger charge is -2.38. The maximum atomic E-state index is 5.57. The highest BCUT2D eigenvalue weighted by Gasteiger charge is 2.38. The minimum atomic E-state index is 0.304. The molecule has 1 N–H and O–H groups in total. The van der Waals surface area contributed by atoms with Crippen LogP contribution in [0.2, 0.25) is 0 Å². The number of aryl methyl sites for hydroxylation is 1. The van der Waals surface area contributed by atoms with Gasteiger partial charge in [-0.2, -0.15) is 0 Å². The molecule has 0 fully saturated rings. The first-order valence-electron chi connectivity index (χ1n) is 8.23. The summed E-state index contributed by atoms with van der Waals surface area (Å²) in [5.74, 6) is 2.77. The summed E-state index contributed by atoms with van der Waals surface area (Å²) in [6.07, 6.45) is 5.82. The first-order valence-corrected chi connectivity index (χ1v) is 8.23. The standard InChI is InChI=1S/C20H19NO2/c1-12-4-2-6-15-14-5-3-7-16(14)20(21-19(12)15)13-8-9-17-18(10-13)23-11-22-17/h2-6,8-10,14,16,20-21H,7,11H2,1H3/t14-,16-,20-/m0/s1. The van der Waals surface area contributed by atoms with Gasteiger partial charge in [0.05, 0.1) is 6.04 Å². The highest BCUT2D eigenvalue weighted by molar-refractivity contribution is 5.64. The Morgan fingerprint density at radius 3 is 2.96 bits per heavy atom. The highest BCUT2D eigenvalue weighted by Crippen LogP contribution is 2.51. The Morgan fingerprint density at radius 1 is 1.09 bits per heavy atom. The zero-order valence-corrected chi connectivity index (χ0v) is 13.1. The minimum absolute atomic E-state index is 0.304. The smallest absolute Gasteiger partial charge is 0.231 e. The molecule has 3 aliphatic rings. The maximum absolute atomic E-state index is 5.57. The van der Waals surface area contributed by atoms with Gasteiger partial charge in [0, 0.05) is 11.6 Å². The molecule has 0 aromatic heterocycles. The number of rotatable bonds is 1. The summed E-state index contributed by atoms with van der Waals surface area (Å²) in [5, 5.41) is 3.81. The van der Waals surface area contributed by atoms with Crippen molar-refractivity contribution in [3.05, 3.63) is 65.2 Å². The zero-order chi connectivity index (χ0) is 15.4. The van der Waals surface area contributed by atoms with Gasteiger partial charge in [0.2, 0.25) is 6.79 Å². The van der Waals surface area contributed by atoms with Crippen LogP contribution >= 0.6 is 0 Å². The van der Waals surface area contributed by atoms with Crippen LogP contribution in [0.5, 0.6) is 11.5 Å². The molecule has 116 valence electrons. The predicted octanol–water partition coefficient (Wildman–Crippen LogP) is 4.55. The Balaban J connectivity index is 1.60. The number of allylic oxidation sites excluding steroid dienone is 2. The van der Waals surface area contributed by atoms with Gasteiger partial charge in [-0.15, -0.1) is 0 Å². The second-order valence-electron chi connectivity index (χ2n) is 6.63. The highest BCUT2D eigenvalue weighted by atomic mass is 16.7. The Bertz CT molecular complexity index is 811. The third-order valence-corrected chi connectivity index (χ3v) is 5.36. The Kier molecular flexibility index (Phi) is 2.72. The van der Waals surface area contributed by atoms with E-state index in [1.807, 2.05) is 6.07 Å². The van der Waals surface area contributed by atoms with Crippen molar-refractivity contribution in [1.29, 1.82) is 0 Å². The van der Waals surface area contributed by atoms with Gasteiger partial charge >= 0.3 is 0 Å². The van der Waals surface area contributed by atoms with Crippen molar-refractivity contribution in [2.75, 3.05) is 12.1 Å². The van der Waals surface area contributed by atoms with Gasteiger partial charge in [0.15, 0.2) is 11.5 Å². The van der Waals surface area contributed by atoms with E-state index in [0.29, 0.717) is 24.7 Å². The molecule has 0 unspecified atom stereocenters. The quantitative estimate of drug-likeness (QED) is 0.784. The van der Waals surface area contributed by atoms with Crippen LogP contribution in [0.3, 0.4) is 0 Å². The molecule has 2 aromatic carbocycles. The Morgan fingerprint density at radius 2 is 2.00 bits per heavy atom. The molecule has 23 heavy (non-hydrogen) atoms. The Hall–Kier alpha value is -2.42. The third kappa shape index (κ3) is 1.89. The molecular formula is C20H19NO2. The fourth-order valence-corrected chi connectivity index (χ4v) is 4.21. The molecule has 2 heterocycles. The summed E-state index contributed by atoms with van der Waals surface area (Å²) in [4.78, 5) is 0. The maximum Gasteiger partial charge on any atom is 0.231 e. The van der Waals surface area contributed by atoms with Crippen molar-refractivity contribution in [2.24, 2.45) is 5.92 Å². The van der Waals surface area contributed by atoms with E-state index < -0.39 is 0 Å². The number of hydrogen-bond acceptors (Lipinski definition) is 3. The lowest BCUT2D eigenvalue weighted by molar-refractivity contribution is 0.174. The summed E-state index contributed by atoms with van der Waals surface area (Å²) in [5.41, 5.74) is 5.32. The summed E-state index contributed by atoms with van der Waals surface area (Å²) in [6, 6.07) is 13.3. The third-order valence-electron chi connectivity index (χ3n) is 5.36. The lowest BCUT2D eigenvalue weighted by atomic mass is 9.76. The van der Waals surface area contributed by atoms with E-state index in [-0.39, 0.29) is 0 Å². The van der Waals surface area contributed by atoms with Crippen molar-refractivity contribution in [2.45, 2.75) is 25.3 Å². The van der Waals surface area contributed by atoms with E-state index >= 15 is 0 Å². The largest absolute Gasteiger partial charge is 0.454 e. The van der Waals surface area contributed by atoms with E-state index in [0.717, 1.165) is 17.9 Å². The van der Waals surface area contributed by atoms with Gasteiger partial charge in [-0.05, 0) is 48.1 Å². The average Bonchev–Trinajstić information content (AvgIpc) is 3.23. The van der Waals surface area contributed by atoms with Crippen LogP contribution in [0.1, 0.15) is 35.1 Å². The summed E-state index contributed by atoms with van der Waals surface area (Å²) >= 11 is 0. The molecule has 0 bridgehead atoms. The van der Waals surface area contributed by atoms with Gasteiger partial charge in [-0.25, -0.2) is 0 Å². The normalized spacial score (nSPS) is 26.6. The van der Waals surface area contributed by atoms with Crippen LogP contribution < -0.4 is 14.8 Å². The Labute approximate surface area is 135 Å². The van der Waals surface area contributed by atoms with Gasteiger partial charge in [0.1, 0.15) is 0 Å². The molecule has 0 saturated heterocycles. The van der Waals surface area contributed by atoms with E-state index in [1.165, 1.54) is 22.4 Å². The second-order valence-corrected chi connectivity index (χ2v) is 6.63. The molecule has 3 heteroatoms. The van der Waals surface area contributed by atoms with Crippen molar-refractivity contribution in [3.8, 4) is 11.5 Å². The zero-order valence-electron chi connectivity index (χ0n) is 13.1. The number of para-hydroxylation sites is 1. The summed E-state index contributed by atoms with van der Waals surface area (Å²) in [7, 11) is 0. The molecule has 0 radical (unpaired) electrons. The fraction of sp³-hybridized carbons (Fsp3) is 0.300. The van der Waals surface area contributed by atoms with Gasteiger partial charge in [-0.3, -0.25) is 0 Å². The van der Waals surface area contributed by atoms with Crippen LogP contribution in [0, 0.1) is 12.8 Å². The summed E-state index contributed by atoms with van der Waals surface area (Å²) < 4.78 is 11.0. The number of hydrogen-bond donors (Lipinski definition) is 1. The van der Waals surface area contributed by atoms with Crippen LogP contribution in [-0.2, 0) is 0 Å². The molecular weight excluding hydrogens is 286 g/mol. The van der Waals surface area contributed by atoms with Crippen molar-refractivity contribution >= 4 is 5.69 Å². The molecule has 0 spiro atoms. The molecule has 0 saturated carbocycles. The van der Waals surface area contributed by atoms with Crippen LogP contribution in [0.25, 0.3) is 0 Å². The van der Waals surface area contributed by atoms with Crippen molar-refractivity contribution in [1.82, 2.24) is 0 Å². The van der Waals surface area contributed by atoms with E-state index in [1.54, 1.807) is 0 Å². The molecule has 0 amide bonds. The van der Waals surface area contributed by atoms with E-state index in [9.17, 15) is 0 Å². The van der Waals surface area contributed by atoms with Gasteiger partial charge < -0.3 is 14.8 Å². The predicted molar refractivity (Wildman–Crippen MR) is 90.1 cm³/mol. The van der Waals surface area contributed by atoms with Crippen LogP contribution in [0.4, 0.5) is 5.69 Å². The van der Waals surface area contributed by atoms with E-state index in [4.69, 9.17) is 9.47 Å². The number of benzene rings is 2. The molecule has 5 rings (SSSR count). The molecule has 1 aliphatic carbocycles. The molecule has 3 nitrogen and oxygen atoms in total. The number of nitrogens with one attached hydrogen (secondary N) is 1. The first kappa shape index (κ1) is 13.1. The number of fused-ring (bicyclic) bond motifs is 4. The van der Waals surface area contributed by atoms with Crippen molar-refractivity contribution < 1.29 is 9.47 Å². The molecule has 2 aliphatic heterocycles.